The summed E-state index contributed by atoms with van der Waals surface area (Å²) < 4.78 is 4.87. The number of nitrogens with one attached hydrogen (secondary N) is 1. The van der Waals surface area contributed by atoms with Crippen LogP contribution in [0.25, 0.3) is 0 Å². The zero-order valence-electron chi connectivity index (χ0n) is 11.6. The first-order chi connectivity index (χ1) is 9.06. The zero-order valence-corrected chi connectivity index (χ0v) is 11.6. The second-order valence-corrected chi connectivity index (χ2v) is 4.19. The van der Waals surface area contributed by atoms with E-state index in [0.717, 1.165) is 12.8 Å². The molecule has 0 saturated carbocycles. The van der Waals surface area contributed by atoms with Crippen LogP contribution < -0.4 is 5.32 Å². The standard InChI is InChI=1S/C12H24N2O5/c1-3-4-5-10(11(16)17)13-12(18)14(6-8-15)7-9-19-2/h10,15H,3-9H2,1-2H3,(H,13,18)(H,16,17)/t10-/m0/s1. The molecule has 0 aliphatic rings. The Kier molecular flexibility index (Phi) is 9.82. The second kappa shape index (κ2) is 10.6. The number of urea groups is 1. The van der Waals surface area contributed by atoms with Crippen LogP contribution in [0.2, 0.25) is 0 Å². The van der Waals surface area contributed by atoms with Crippen LogP contribution in [0.5, 0.6) is 0 Å². The number of hydrogen-bond donors (Lipinski definition) is 3. The lowest BCUT2D eigenvalue weighted by atomic mass is 10.1. The number of carboxylic acid groups (broad SMARTS) is 1. The van der Waals surface area contributed by atoms with Gasteiger partial charge in [-0.3, -0.25) is 0 Å². The van der Waals surface area contributed by atoms with Crippen LogP contribution in [0, 0.1) is 0 Å². The molecule has 0 fully saturated rings. The van der Waals surface area contributed by atoms with Crippen molar-refractivity contribution < 1.29 is 24.5 Å². The van der Waals surface area contributed by atoms with Crippen LogP contribution in [0.4, 0.5) is 4.79 Å². The molecule has 19 heavy (non-hydrogen) atoms. The van der Waals surface area contributed by atoms with Crippen LogP contribution >= 0.6 is 0 Å². The number of aliphatic hydroxyl groups is 1. The van der Waals surface area contributed by atoms with Crippen molar-refractivity contribution in [2.24, 2.45) is 0 Å². The highest BCUT2D eigenvalue weighted by atomic mass is 16.5. The highest BCUT2D eigenvalue weighted by Crippen LogP contribution is 2.02. The molecule has 0 heterocycles. The van der Waals surface area contributed by atoms with E-state index < -0.39 is 18.0 Å². The SMILES string of the molecule is CCCC[C@H](NC(=O)N(CCO)CCOC)C(=O)O. The third kappa shape index (κ3) is 7.63. The maximum Gasteiger partial charge on any atom is 0.326 e. The molecule has 1 atom stereocenters. The summed E-state index contributed by atoms with van der Waals surface area (Å²) in [4.78, 5) is 24.3. The van der Waals surface area contributed by atoms with E-state index in [4.69, 9.17) is 14.9 Å². The Morgan fingerprint density at radius 2 is 2.05 bits per heavy atom. The van der Waals surface area contributed by atoms with Gasteiger partial charge in [-0.15, -0.1) is 0 Å². The van der Waals surface area contributed by atoms with Gasteiger partial charge in [-0.25, -0.2) is 9.59 Å². The Labute approximate surface area is 113 Å². The molecule has 3 N–H and O–H groups in total. The molecule has 0 aliphatic carbocycles. The molecule has 0 aromatic rings. The van der Waals surface area contributed by atoms with Gasteiger partial charge >= 0.3 is 12.0 Å². The van der Waals surface area contributed by atoms with Gasteiger partial charge in [-0.2, -0.15) is 0 Å². The predicted octanol–water partition coefficient (Wildman–Crippen LogP) is 0.280. The van der Waals surface area contributed by atoms with Gasteiger partial charge in [0.2, 0.25) is 0 Å². The highest BCUT2D eigenvalue weighted by Gasteiger charge is 2.22. The predicted molar refractivity (Wildman–Crippen MR) is 70.0 cm³/mol. The Morgan fingerprint density at radius 1 is 1.37 bits per heavy atom. The Bertz CT molecular complexity index is 273. The van der Waals surface area contributed by atoms with Gasteiger partial charge in [0.05, 0.1) is 13.2 Å². The number of methoxy groups -OCH3 is 1. The van der Waals surface area contributed by atoms with Crippen LogP contribution in [0.1, 0.15) is 26.2 Å². The van der Waals surface area contributed by atoms with E-state index in [9.17, 15) is 9.59 Å². The topological polar surface area (TPSA) is 99.1 Å². The van der Waals surface area contributed by atoms with Crippen LogP contribution in [-0.2, 0) is 9.53 Å². The lowest BCUT2D eigenvalue weighted by Gasteiger charge is -2.24. The summed E-state index contributed by atoms with van der Waals surface area (Å²) in [5.74, 6) is -1.04. The summed E-state index contributed by atoms with van der Waals surface area (Å²) in [5, 5.41) is 20.4. The van der Waals surface area contributed by atoms with Crippen molar-refractivity contribution in [2.75, 3.05) is 33.4 Å². The normalized spacial score (nSPS) is 11.9. The van der Waals surface area contributed by atoms with E-state index in [2.05, 4.69) is 5.32 Å². The van der Waals surface area contributed by atoms with Gasteiger partial charge in [-0.05, 0) is 6.42 Å². The summed E-state index contributed by atoms with van der Waals surface area (Å²) in [6.07, 6.45) is 1.99. The molecule has 0 radical (unpaired) electrons. The number of rotatable bonds is 10. The van der Waals surface area contributed by atoms with E-state index >= 15 is 0 Å². The monoisotopic (exact) mass is 276 g/mol. The van der Waals surface area contributed by atoms with Gasteiger partial charge in [0, 0.05) is 20.2 Å². The van der Waals surface area contributed by atoms with Gasteiger partial charge in [0.1, 0.15) is 6.04 Å². The molecule has 112 valence electrons. The van der Waals surface area contributed by atoms with Crippen molar-refractivity contribution in [3.8, 4) is 0 Å². The molecule has 0 rings (SSSR count). The Morgan fingerprint density at radius 3 is 2.53 bits per heavy atom. The number of aliphatic hydroxyl groups excluding tert-OH is 1. The Balaban J connectivity index is 4.42. The minimum absolute atomic E-state index is 0.148. The summed E-state index contributed by atoms with van der Waals surface area (Å²) in [6.45, 7) is 2.57. The fourth-order valence-corrected chi connectivity index (χ4v) is 1.54. The molecule has 0 spiro atoms. The molecule has 0 saturated heterocycles. The number of carboxylic acids is 1. The third-order valence-corrected chi connectivity index (χ3v) is 2.66. The van der Waals surface area contributed by atoms with E-state index in [1.165, 1.54) is 12.0 Å². The third-order valence-electron chi connectivity index (χ3n) is 2.66. The maximum absolute atomic E-state index is 11.9. The van der Waals surface area contributed by atoms with E-state index in [1.807, 2.05) is 6.92 Å². The molecule has 0 unspecified atom stereocenters. The number of carbonyl (C=O) groups excluding carboxylic acids is 1. The number of aliphatic carboxylic acids is 1. The molecule has 7 nitrogen and oxygen atoms in total. The first kappa shape index (κ1) is 17.7. The molecule has 2 amide bonds. The molecule has 7 heteroatoms. The summed E-state index contributed by atoms with van der Waals surface area (Å²) in [6, 6.07) is -1.38. The zero-order chi connectivity index (χ0) is 14.7. The molecular weight excluding hydrogens is 252 g/mol. The van der Waals surface area contributed by atoms with Crippen molar-refractivity contribution in [3.63, 3.8) is 0 Å². The minimum atomic E-state index is -1.04. The van der Waals surface area contributed by atoms with Gasteiger partial charge < -0.3 is 25.2 Å². The molecular formula is C12H24N2O5. The minimum Gasteiger partial charge on any atom is -0.480 e. The summed E-state index contributed by atoms with van der Waals surface area (Å²) in [5.41, 5.74) is 0. The number of nitrogens with zero attached hydrogens (tertiary/aromatic N) is 1. The van der Waals surface area contributed by atoms with E-state index in [0.29, 0.717) is 19.6 Å². The van der Waals surface area contributed by atoms with E-state index in [-0.39, 0.29) is 13.2 Å². The summed E-state index contributed by atoms with van der Waals surface area (Å²) >= 11 is 0. The van der Waals surface area contributed by atoms with E-state index in [1.54, 1.807) is 0 Å². The second-order valence-electron chi connectivity index (χ2n) is 4.19. The quantitative estimate of drug-likeness (QED) is 0.532. The first-order valence-corrected chi connectivity index (χ1v) is 6.44. The van der Waals surface area contributed by atoms with Crippen molar-refractivity contribution in [3.05, 3.63) is 0 Å². The van der Waals surface area contributed by atoms with Crippen molar-refractivity contribution >= 4 is 12.0 Å². The highest BCUT2D eigenvalue weighted by molar-refractivity contribution is 5.82. The number of hydrogen-bond acceptors (Lipinski definition) is 4. The van der Waals surface area contributed by atoms with Crippen LogP contribution in [0.15, 0.2) is 0 Å². The fraction of sp³-hybridized carbons (Fsp3) is 0.833. The average molecular weight is 276 g/mol. The number of amides is 2. The number of ether oxygens (including phenoxy) is 1. The first-order valence-electron chi connectivity index (χ1n) is 6.44. The summed E-state index contributed by atoms with van der Waals surface area (Å²) in [7, 11) is 1.51. The van der Waals surface area contributed by atoms with Crippen molar-refractivity contribution in [1.29, 1.82) is 0 Å². The smallest absolute Gasteiger partial charge is 0.326 e. The van der Waals surface area contributed by atoms with Gasteiger partial charge in [0.15, 0.2) is 0 Å². The van der Waals surface area contributed by atoms with Crippen LogP contribution in [0.3, 0.4) is 0 Å². The Hall–Kier alpha value is -1.34. The largest absolute Gasteiger partial charge is 0.480 e. The van der Waals surface area contributed by atoms with Crippen molar-refractivity contribution in [2.45, 2.75) is 32.2 Å². The number of unbranched alkanes of at least 4 members (excludes halogenated alkanes) is 1. The average Bonchev–Trinajstić information content (AvgIpc) is 2.38. The number of carbonyl (C=O) groups is 2. The molecule has 0 aliphatic heterocycles. The van der Waals surface area contributed by atoms with Crippen molar-refractivity contribution in [1.82, 2.24) is 10.2 Å². The van der Waals surface area contributed by atoms with Gasteiger partial charge in [0.25, 0.3) is 0 Å². The maximum atomic E-state index is 11.9. The molecule has 0 aromatic heterocycles. The lowest BCUT2D eigenvalue weighted by molar-refractivity contribution is -0.139. The molecule has 0 bridgehead atoms. The van der Waals surface area contributed by atoms with Crippen LogP contribution in [-0.4, -0.2) is 66.6 Å². The molecule has 0 aromatic carbocycles. The fourth-order valence-electron chi connectivity index (χ4n) is 1.54. The van der Waals surface area contributed by atoms with Gasteiger partial charge in [-0.1, -0.05) is 19.8 Å². The lowest BCUT2D eigenvalue weighted by Crippen LogP contribution is -2.49.